The molecule has 0 spiro atoms. The Kier molecular flexibility index (Phi) is 6.33. The highest BCUT2D eigenvalue weighted by atomic mass is 19.4. The number of hydrogen-bond acceptors (Lipinski definition) is 2. The van der Waals surface area contributed by atoms with Crippen LogP contribution in [0.5, 0.6) is 5.75 Å². The smallest absolute Gasteiger partial charge is 0.406 e. The fourth-order valence-electron chi connectivity index (χ4n) is 1.95. The van der Waals surface area contributed by atoms with Crippen molar-refractivity contribution >= 4 is 0 Å². The van der Waals surface area contributed by atoms with Crippen molar-refractivity contribution in [3.63, 3.8) is 0 Å². The van der Waals surface area contributed by atoms with E-state index < -0.39 is 6.36 Å². The van der Waals surface area contributed by atoms with E-state index in [2.05, 4.69) is 30.8 Å². The molecule has 0 aromatic heterocycles. The van der Waals surface area contributed by atoms with Gasteiger partial charge in [-0.3, -0.25) is 0 Å². The van der Waals surface area contributed by atoms with E-state index in [1.807, 2.05) is 0 Å². The van der Waals surface area contributed by atoms with E-state index in [1.165, 1.54) is 12.1 Å². The molecule has 1 N–H and O–H groups in total. The normalized spacial score (nSPS) is 14.9. The Bertz CT molecular complexity index is 389. The quantitative estimate of drug-likeness (QED) is 0.798. The number of halogens is 3. The maximum atomic E-state index is 12.0. The first kappa shape index (κ1) is 16.8. The van der Waals surface area contributed by atoms with Gasteiger partial charge in [0.2, 0.25) is 0 Å². The molecule has 2 atom stereocenters. The van der Waals surface area contributed by atoms with E-state index in [0.29, 0.717) is 18.5 Å². The number of hydrogen-bond donors (Lipinski definition) is 1. The second kappa shape index (κ2) is 7.53. The van der Waals surface area contributed by atoms with Crippen LogP contribution in [0.25, 0.3) is 0 Å². The summed E-state index contributed by atoms with van der Waals surface area (Å²) in [6.07, 6.45) is -2.40. The maximum Gasteiger partial charge on any atom is 0.573 e. The zero-order chi connectivity index (χ0) is 15.2. The Balaban J connectivity index is 2.42. The standard InChI is InChI=1S/C15H22F3NO/c1-4-11(2)9-12(3)19-10-13-5-7-14(8-6-13)20-15(16,17)18/h5-8,11-12,19H,4,9-10H2,1-3H3. The highest BCUT2D eigenvalue weighted by Crippen LogP contribution is 2.22. The van der Waals surface area contributed by atoms with Crippen molar-refractivity contribution in [2.24, 2.45) is 5.92 Å². The van der Waals surface area contributed by atoms with Crippen LogP contribution < -0.4 is 10.1 Å². The van der Waals surface area contributed by atoms with Crippen LogP contribution in [0.1, 0.15) is 39.2 Å². The summed E-state index contributed by atoms with van der Waals surface area (Å²) in [4.78, 5) is 0. The van der Waals surface area contributed by atoms with Crippen molar-refractivity contribution < 1.29 is 17.9 Å². The Morgan fingerprint density at radius 2 is 1.75 bits per heavy atom. The molecule has 1 rings (SSSR count). The number of ether oxygens (including phenoxy) is 1. The third-order valence-corrected chi connectivity index (χ3v) is 3.26. The lowest BCUT2D eigenvalue weighted by Crippen LogP contribution is -2.27. The molecule has 0 radical (unpaired) electrons. The zero-order valence-electron chi connectivity index (χ0n) is 12.1. The Hall–Kier alpha value is -1.23. The van der Waals surface area contributed by atoms with Crippen LogP contribution in [0.3, 0.4) is 0 Å². The van der Waals surface area contributed by atoms with Crippen LogP contribution in [0.15, 0.2) is 24.3 Å². The van der Waals surface area contributed by atoms with Crippen LogP contribution in [0.4, 0.5) is 13.2 Å². The molecule has 2 nitrogen and oxygen atoms in total. The van der Waals surface area contributed by atoms with E-state index in [9.17, 15) is 13.2 Å². The molecule has 2 unspecified atom stereocenters. The molecule has 0 aliphatic carbocycles. The molecule has 20 heavy (non-hydrogen) atoms. The monoisotopic (exact) mass is 289 g/mol. The Morgan fingerprint density at radius 3 is 2.25 bits per heavy atom. The maximum absolute atomic E-state index is 12.0. The van der Waals surface area contributed by atoms with Crippen molar-refractivity contribution in [1.29, 1.82) is 0 Å². The SMILES string of the molecule is CCC(C)CC(C)NCc1ccc(OC(F)(F)F)cc1. The van der Waals surface area contributed by atoms with E-state index in [-0.39, 0.29) is 5.75 Å². The molecule has 5 heteroatoms. The van der Waals surface area contributed by atoms with Crippen molar-refractivity contribution in [3.05, 3.63) is 29.8 Å². The molecular weight excluding hydrogens is 267 g/mol. The molecule has 0 heterocycles. The minimum Gasteiger partial charge on any atom is -0.406 e. The van der Waals surface area contributed by atoms with Gasteiger partial charge in [-0.25, -0.2) is 0 Å². The molecular formula is C15H22F3NO. The van der Waals surface area contributed by atoms with Gasteiger partial charge >= 0.3 is 6.36 Å². The van der Waals surface area contributed by atoms with Crippen molar-refractivity contribution in [3.8, 4) is 5.75 Å². The van der Waals surface area contributed by atoms with E-state index in [0.717, 1.165) is 18.4 Å². The van der Waals surface area contributed by atoms with E-state index in [4.69, 9.17) is 0 Å². The van der Waals surface area contributed by atoms with Gasteiger partial charge in [0.25, 0.3) is 0 Å². The van der Waals surface area contributed by atoms with E-state index in [1.54, 1.807) is 12.1 Å². The van der Waals surface area contributed by atoms with Gasteiger partial charge in [-0.15, -0.1) is 13.2 Å². The summed E-state index contributed by atoms with van der Waals surface area (Å²) in [6.45, 7) is 7.13. The average molecular weight is 289 g/mol. The first-order chi connectivity index (χ1) is 9.30. The molecule has 0 amide bonds. The van der Waals surface area contributed by atoms with Crippen LogP contribution >= 0.6 is 0 Å². The minimum absolute atomic E-state index is 0.186. The molecule has 1 aromatic rings. The van der Waals surface area contributed by atoms with Gasteiger partial charge in [0, 0.05) is 12.6 Å². The molecule has 0 aliphatic heterocycles. The fourth-order valence-corrected chi connectivity index (χ4v) is 1.95. The summed E-state index contributed by atoms with van der Waals surface area (Å²) in [5, 5.41) is 3.37. The minimum atomic E-state index is -4.63. The zero-order valence-corrected chi connectivity index (χ0v) is 12.1. The molecule has 1 aromatic carbocycles. The molecule has 0 fully saturated rings. The Morgan fingerprint density at radius 1 is 1.15 bits per heavy atom. The third-order valence-electron chi connectivity index (χ3n) is 3.26. The van der Waals surface area contributed by atoms with Gasteiger partial charge in [0.05, 0.1) is 0 Å². The van der Waals surface area contributed by atoms with Crippen LogP contribution in [0.2, 0.25) is 0 Å². The van der Waals surface area contributed by atoms with Gasteiger partial charge < -0.3 is 10.1 Å². The largest absolute Gasteiger partial charge is 0.573 e. The number of alkyl halides is 3. The summed E-state index contributed by atoms with van der Waals surface area (Å²) in [7, 11) is 0. The molecule has 0 saturated heterocycles. The fraction of sp³-hybridized carbons (Fsp3) is 0.600. The van der Waals surface area contributed by atoms with Crippen LogP contribution in [-0.2, 0) is 6.54 Å². The first-order valence-corrected chi connectivity index (χ1v) is 6.88. The van der Waals surface area contributed by atoms with Gasteiger partial charge in [-0.2, -0.15) is 0 Å². The van der Waals surface area contributed by atoms with Crippen molar-refractivity contribution in [2.45, 2.75) is 52.6 Å². The highest BCUT2D eigenvalue weighted by molar-refractivity contribution is 5.27. The first-order valence-electron chi connectivity index (χ1n) is 6.88. The summed E-state index contributed by atoms with van der Waals surface area (Å²) in [5.41, 5.74) is 0.940. The molecule has 0 saturated carbocycles. The van der Waals surface area contributed by atoms with Gasteiger partial charge in [0.15, 0.2) is 0 Å². The second-order valence-electron chi connectivity index (χ2n) is 5.22. The van der Waals surface area contributed by atoms with E-state index >= 15 is 0 Å². The summed E-state index contributed by atoms with van der Waals surface area (Å²) >= 11 is 0. The lowest BCUT2D eigenvalue weighted by atomic mass is 10.0. The number of rotatable bonds is 7. The van der Waals surface area contributed by atoms with Crippen molar-refractivity contribution in [2.75, 3.05) is 0 Å². The lowest BCUT2D eigenvalue weighted by molar-refractivity contribution is -0.274. The number of nitrogens with one attached hydrogen (secondary N) is 1. The summed E-state index contributed by atoms with van der Waals surface area (Å²) in [5.74, 6) is 0.481. The predicted octanol–water partition coefficient (Wildman–Crippen LogP) is 4.50. The molecule has 114 valence electrons. The average Bonchev–Trinajstić information content (AvgIpc) is 2.36. The molecule has 0 bridgehead atoms. The molecule has 0 aliphatic rings. The van der Waals surface area contributed by atoms with Gasteiger partial charge in [-0.1, -0.05) is 32.4 Å². The topological polar surface area (TPSA) is 21.3 Å². The predicted molar refractivity (Wildman–Crippen MR) is 73.5 cm³/mol. The summed E-state index contributed by atoms with van der Waals surface area (Å²) < 4.78 is 39.9. The van der Waals surface area contributed by atoms with Gasteiger partial charge in [0.1, 0.15) is 5.75 Å². The Labute approximate surface area is 118 Å². The van der Waals surface area contributed by atoms with Crippen LogP contribution in [0, 0.1) is 5.92 Å². The second-order valence-corrected chi connectivity index (χ2v) is 5.22. The van der Waals surface area contributed by atoms with Crippen LogP contribution in [-0.4, -0.2) is 12.4 Å². The summed E-state index contributed by atoms with van der Waals surface area (Å²) in [6, 6.07) is 6.35. The van der Waals surface area contributed by atoms with Crippen molar-refractivity contribution in [1.82, 2.24) is 5.32 Å². The third kappa shape index (κ3) is 6.80. The highest BCUT2D eigenvalue weighted by Gasteiger charge is 2.30. The number of benzene rings is 1. The lowest BCUT2D eigenvalue weighted by Gasteiger charge is -2.17. The van der Waals surface area contributed by atoms with Gasteiger partial charge in [-0.05, 0) is 37.0 Å².